The van der Waals surface area contributed by atoms with Gasteiger partial charge in [-0.05, 0) is 11.6 Å². The molecule has 1 aliphatic rings. The summed E-state index contributed by atoms with van der Waals surface area (Å²) in [5.41, 5.74) is 1.33. The van der Waals surface area contributed by atoms with Crippen molar-refractivity contribution in [3.63, 3.8) is 0 Å². The lowest BCUT2D eigenvalue weighted by atomic mass is 9.90. The summed E-state index contributed by atoms with van der Waals surface area (Å²) in [6.45, 7) is -0.675. The van der Waals surface area contributed by atoms with Gasteiger partial charge in [0.25, 0.3) is 11.8 Å². The van der Waals surface area contributed by atoms with Crippen molar-refractivity contribution in [3.05, 3.63) is 35.4 Å². The van der Waals surface area contributed by atoms with Gasteiger partial charge >= 0.3 is 7.12 Å². The first-order valence-electron chi connectivity index (χ1n) is 6.34. The van der Waals surface area contributed by atoms with E-state index < -0.39 is 18.9 Å². The summed E-state index contributed by atoms with van der Waals surface area (Å²) >= 11 is 0. The fraction of sp³-hybridized carbons (Fsp3) is 0.286. The van der Waals surface area contributed by atoms with Crippen LogP contribution in [0.4, 0.5) is 0 Å². The molecular formula is C14H14BNO5. The Hall–Kier alpha value is -2.14. The lowest BCUT2D eigenvalue weighted by molar-refractivity contribution is -0.147. The number of carbonyl (C=O) groups excluding carboxylic acids is 2. The Morgan fingerprint density at radius 3 is 2.48 bits per heavy atom. The number of benzene rings is 1. The van der Waals surface area contributed by atoms with Gasteiger partial charge < -0.3 is 14.4 Å². The van der Waals surface area contributed by atoms with Crippen LogP contribution in [0, 0.1) is 11.7 Å². The van der Waals surface area contributed by atoms with Crippen LogP contribution < -0.4 is 0 Å². The maximum atomic E-state index is 11.5. The van der Waals surface area contributed by atoms with Gasteiger partial charge in [0.05, 0.1) is 6.61 Å². The Kier molecular flexibility index (Phi) is 5.12. The molecule has 6 nitrogen and oxygen atoms in total. The van der Waals surface area contributed by atoms with Crippen molar-refractivity contribution in [2.45, 2.75) is 6.61 Å². The van der Waals surface area contributed by atoms with Gasteiger partial charge in [-0.25, -0.2) is 0 Å². The minimum Gasteiger partial charge on any atom is -0.392 e. The van der Waals surface area contributed by atoms with Crippen molar-refractivity contribution < 1.29 is 24.0 Å². The number of imide groups is 1. The smallest absolute Gasteiger partial charge is 0.392 e. The van der Waals surface area contributed by atoms with E-state index in [0.29, 0.717) is 11.1 Å². The number of rotatable bonds is 1. The zero-order valence-corrected chi connectivity index (χ0v) is 11.5. The Labute approximate surface area is 122 Å². The predicted molar refractivity (Wildman–Crippen MR) is 74.7 cm³/mol. The molecule has 1 heterocycles. The zero-order valence-electron chi connectivity index (χ0n) is 11.5. The first-order valence-corrected chi connectivity index (χ1v) is 6.34. The second-order valence-electron chi connectivity index (χ2n) is 4.39. The summed E-state index contributed by atoms with van der Waals surface area (Å²) < 4.78 is 10.4. The van der Waals surface area contributed by atoms with E-state index in [1.807, 2.05) is 0 Å². The van der Waals surface area contributed by atoms with Crippen LogP contribution in [-0.2, 0) is 25.5 Å². The first kappa shape index (κ1) is 15.3. The fourth-order valence-electron chi connectivity index (χ4n) is 1.67. The van der Waals surface area contributed by atoms with E-state index in [9.17, 15) is 14.7 Å². The Balaban J connectivity index is 2.11. The standard InChI is InChI=1S/C14H14BNO5/c1-16-13(18)9-20-15(21-10-14(16)19)7-6-11-4-2-3-5-12(11)8-17/h2-5,17H,8-10H2,1H3. The Morgan fingerprint density at radius 2 is 1.86 bits per heavy atom. The molecule has 2 amide bonds. The summed E-state index contributed by atoms with van der Waals surface area (Å²) in [7, 11) is 0.416. The van der Waals surface area contributed by atoms with Gasteiger partial charge in [0.1, 0.15) is 13.2 Å². The molecular weight excluding hydrogens is 273 g/mol. The lowest BCUT2D eigenvalue weighted by Gasteiger charge is -2.20. The number of likely N-dealkylation sites (N-methyl/N-ethyl adjacent to an activating group) is 1. The molecule has 1 aromatic rings. The highest BCUT2D eigenvalue weighted by Crippen LogP contribution is 2.07. The van der Waals surface area contributed by atoms with Crippen molar-refractivity contribution in [2.24, 2.45) is 0 Å². The van der Waals surface area contributed by atoms with Crippen molar-refractivity contribution in [2.75, 3.05) is 20.3 Å². The third-order valence-electron chi connectivity index (χ3n) is 2.98. The molecule has 1 saturated heterocycles. The van der Waals surface area contributed by atoms with E-state index in [0.717, 1.165) is 4.90 Å². The number of aliphatic hydroxyl groups excluding tert-OH is 1. The van der Waals surface area contributed by atoms with Gasteiger partial charge in [-0.3, -0.25) is 14.5 Å². The molecule has 0 bridgehead atoms. The molecule has 0 saturated carbocycles. The highest BCUT2D eigenvalue weighted by atomic mass is 16.6. The van der Waals surface area contributed by atoms with E-state index in [2.05, 4.69) is 11.7 Å². The quantitative estimate of drug-likeness (QED) is 0.432. The Morgan fingerprint density at radius 1 is 1.24 bits per heavy atom. The lowest BCUT2D eigenvalue weighted by Crippen LogP contribution is -2.44. The largest absolute Gasteiger partial charge is 0.551 e. The van der Waals surface area contributed by atoms with Crippen molar-refractivity contribution in [1.29, 1.82) is 0 Å². The normalized spacial score (nSPS) is 16.1. The van der Waals surface area contributed by atoms with Gasteiger partial charge in [0.15, 0.2) is 0 Å². The molecule has 2 rings (SSSR count). The van der Waals surface area contributed by atoms with Crippen molar-refractivity contribution in [3.8, 4) is 11.7 Å². The topological polar surface area (TPSA) is 76.1 Å². The number of hydrogen-bond acceptors (Lipinski definition) is 5. The average molecular weight is 287 g/mol. The molecule has 1 aromatic carbocycles. The average Bonchev–Trinajstić information content (AvgIpc) is 2.52. The molecule has 21 heavy (non-hydrogen) atoms. The van der Waals surface area contributed by atoms with E-state index in [4.69, 9.17) is 9.31 Å². The second kappa shape index (κ2) is 7.04. The summed E-state index contributed by atoms with van der Waals surface area (Å²) in [6, 6.07) is 7.11. The van der Waals surface area contributed by atoms with Gasteiger partial charge in [0, 0.05) is 12.6 Å². The number of carbonyl (C=O) groups is 2. The highest BCUT2D eigenvalue weighted by Gasteiger charge is 2.27. The van der Waals surface area contributed by atoms with E-state index in [1.54, 1.807) is 24.3 Å². The molecule has 0 atom stereocenters. The highest BCUT2D eigenvalue weighted by molar-refractivity contribution is 6.55. The molecule has 0 aliphatic carbocycles. The molecule has 1 fully saturated rings. The van der Waals surface area contributed by atoms with Gasteiger partial charge in [0.2, 0.25) is 0 Å². The minimum absolute atomic E-state index is 0.126. The van der Waals surface area contributed by atoms with Crippen molar-refractivity contribution in [1.82, 2.24) is 4.90 Å². The molecule has 108 valence electrons. The summed E-state index contributed by atoms with van der Waals surface area (Å²) in [6.07, 6.45) is 0. The SMILES string of the molecule is CN1C(=O)COB(C#Cc2ccccc2CO)OCC1=O. The van der Waals surface area contributed by atoms with E-state index >= 15 is 0 Å². The molecule has 0 aromatic heterocycles. The number of hydrogen-bond donors (Lipinski definition) is 1. The van der Waals surface area contributed by atoms with Crippen LogP contribution in [0.1, 0.15) is 11.1 Å². The third-order valence-corrected chi connectivity index (χ3v) is 2.98. The van der Waals surface area contributed by atoms with Gasteiger partial charge in [-0.2, -0.15) is 0 Å². The van der Waals surface area contributed by atoms with Crippen LogP contribution in [0.5, 0.6) is 0 Å². The number of aliphatic hydroxyl groups is 1. The summed E-state index contributed by atoms with van der Waals surface area (Å²) in [5, 5.41) is 9.21. The predicted octanol–water partition coefficient (Wildman–Crippen LogP) is -0.410. The molecule has 1 N–H and O–H groups in total. The summed E-state index contributed by atoms with van der Waals surface area (Å²) in [5.74, 6) is 4.66. The maximum absolute atomic E-state index is 11.5. The van der Waals surface area contributed by atoms with Gasteiger partial charge in [-0.1, -0.05) is 29.9 Å². The second-order valence-corrected chi connectivity index (χ2v) is 4.39. The maximum Gasteiger partial charge on any atom is 0.551 e. The number of nitrogens with zero attached hydrogens (tertiary/aromatic N) is 1. The van der Waals surface area contributed by atoms with E-state index in [-0.39, 0.29) is 19.8 Å². The van der Waals surface area contributed by atoms with Crippen LogP contribution in [0.15, 0.2) is 24.3 Å². The minimum atomic E-state index is -0.960. The Bertz CT molecular complexity index is 587. The molecule has 0 spiro atoms. The molecule has 0 radical (unpaired) electrons. The zero-order chi connectivity index (χ0) is 15.2. The van der Waals surface area contributed by atoms with Crippen LogP contribution in [-0.4, -0.2) is 49.2 Å². The molecule has 7 heteroatoms. The van der Waals surface area contributed by atoms with Crippen molar-refractivity contribution >= 4 is 18.9 Å². The third kappa shape index (κ3) is 3.92. The van der Waals surface area contributed by atoms with E-state index in [1.165, 1.54) is 7.05 Å². The monoisotopic (exact) mass is 287 g/mol. The number of amides is 2. The van der Waals surface area contributed by atoms with Crippen LogP contribution in [0.3, 0.4) is 0 Å². The van der Waals surface area contributed by atoms with Crippen LogP contribution >= 0.6 is 0 Å². The van der Waals surface area contributed by atoms with Crippen LogP contribution in [0.25, 0.3) is 0 Å². The summed E-state index contributed by atoms with van der Waals surface area (Å²) in [4.78, 5) is 24.0. The van der Waals surface area contributed by atoms with Crippen LogP contribution in [0.2, 0.25) is 0 Å². The van der Waals surface area contributed by atoms with Gasteiger partial charge in [-0.15, -0.1) is 0 Å². The molecule has 1 aliphatic heterocycles. The molecule has 0 unspecified atom stereocenters. The fourth-order valence-corrected chi connectivity index (χ4v) is 1.67. The first-order chi connectivity index (χ1) is 10.1.